The molecular weight excluding hydrogens is 396 g/mol. The zero-order valence-electron chi connectivity index (χ0n) is 17.9. The maximum Gasteiger partial charge on any atom is 0.332 e. The number of carbonyl (C=O) groups is 4. The summed E-state index contributed by atoms with van der Waals surface area (Å²) in [4.78, 5) is 55.6. The molecule has 1 saturated heterocycles. The van der Waals surface area contributed by atoms with E-state index in [4.69, 9.17) is 0 Å². The van der Waals surface area contributed by atoms with Gasteiger partial charge in [0.05, 0.1) is 11.4 Å². The monoisotopic (exact) mass is 420 g/mol. The van der Waals surface area contributed by atoms with Gasteiger partial charge < -0.3 is 5.32 Å². The van der Waals surface area contributed by atoms with Crippen LogP contribution in [-0.4, -0.2) is 46.8 Å². The molecule has 4 rings (SSSR count). The lowest BCUT2D eigenvalue weighted by Gasteiger charge is -2.42. The fourth-order valence-electron chi connectivity index (χ4n) is 4.02. The Bertz CT molecular complexity index is 1090. The molecule has 0 spiro atoms. The zero-order valence-corrected chi connectivity index (χ0v) is 17.9. The molecule has 2 aliphatic heterocycles. The van der Waals surface area contributed by atoms with Crippen LogP contribution in [0, 0.1) is 6.92 Å². The van der Waals surface area contributed by atoms with Crippen molar-refractivity contribution >= 4 is 40.8 Å². The molecular formula is C23H24N4O4. The SMILES string of the molecule is Cc1ccc(N2C(=O)N(CC(=O)N3c4ccccc4NC(=O)C3(C)C)C(=O)C2C)cc1. The van der Waals surface area contributed by atoms with Gasteiger partial charge in [0, 0.05) is 5.69 Å². The number of anilines is 3. The highest BCUT2D eigenvalue weighted by Gasteiger charge is 2.48. The van der Waals surface area contributed by atoms with Gasteiger partial charge in [0.25, 0.3) is 5.91 Å². The maximum atomic E-state index is 13.3. The van der Waals surface area contributed by atoms with Gasteiger partial charge >= 0.3 is 6.03 Å². The normalized spacial score (nSPS) is 20.1. The molecule has 2 aromatic carbocycles. The minimum atomic E-state index is -1.18. The number of para-hydroxylation sites is 2. The van der Waals surface area contributed by atoms with Crippen LogP contribution in [0.3, 0.4) is 0 Å². The number of nitrogens with one attached hydrogen (secondary N) is 1. The predicted octanol–water partition coefficient (Wildman–Crippen LogP) is 2.92. The molecule has 0 saturated carbocycles. The van der Waals surface area contributed by atoms with Crippen molar-refractivity contribution in [2.45, 2.75) is 39.3 Å². The lowest BCUT2D eigenvalue weighted by Crippen LogP contribution is -2.60. The van der Waals surface area contributed by atoms with Gasteiger partial charge in [-0.3, -0.25) is 29.1 Å². The number of hydrogen-bond acceptors (Lipinski definition) is 4. The Kier molecular flexibility index (Phi) is 4.80. The van der Waals surface area contributed by atoms with E-state index in [9.17, 15) is 19.2 Å². The van der Waals surface area contributed by atoms with E-state index >= 15 is 0 Å². The zero-order chi connectivity index (χ0) is 22.5. The third-order valence-corrected chi connectivity index (χ3v) is 5.81. The maximum absolute atomic E-state index is 13.3. The number of aryl methyl sites for hydroxylation is 1. The van der Waals surface area contributed by atoms with Gasteiger partial charge in [-0.1, -0.05) is 29.8 Å². The molecule has 2 aliphatic rings. The minimum absolute atomic E-state index is 0.340. The first-order chi connectivity index (χ1) is 14.6. The van der Waals surface area contributed by atoms with E-state index in [-0.39, 0.29) is 5.91 Å². The molecule has 0 aromatic heterocycles. The van der Waals surface area contributed by atoms with E-state index < -0.39 is 36.0 Å². The van der Waals surface area contributed by atoms with Crippen molar-refractivity contribution in [3.8, 4) is 0 Å². The van der Waals surface area contributed by atoms with Crippen LogP contribution in [-0.2, 0) is 14.4 Å². The Morgan fingerprint density at radius 1 is 1.03 bits per heavy atom. The van der Waals surface area contributed by atoms with Crippen molar-refractivity contribution in [1.29, 1.82) is 0 Å². The summed E-state index contributed by atoms with van der Waals surface area (Å²) in [5.74, 6) is -1.30. The lowest BCUT2D eigenvalue weighted by atomic mass is 9.96. The molecule has 2 heterocycles. The van der Waals surface area contributed by atoms with Gasteiger partial charge in [-0.2, -0.15) is 0 Å². The summed E-state index contributed by atoms with van der Waals surface area (Å²) < 4.78 is 0. The number of amides is 5. The average Bonchev–Trinajstić information content (AvgIpc) is 2.93. The van der Waals surface area contributed by atoms with Crippen LogP contribution < -0.4 is 15.1 Å². The quantitative estimate of drug-likeness (QED) is 0.773. The number of fused-ring (bicyclic) bond motifs is 1. The fraction of sp³-hybridized carbons (Fsp3) is 0.304. The molecule has 31 heavy (non-hydrogen) atoms. The Morgan fingerprint density at radius 3 is 2.35 bits per heavy atom. The van der Waals surface area contributed by atoms with E-state index in [1.54, 1.807) is 57.2 Å². The van der Waals surface area contributed by atoms with Crippen LogP contribution in [0.5, 0.6) is 0 Å². The van der Waals surface area contributed by atoms with Gasteiger partial charge in [-0.15, -0.1) is 0 Å². The topological polar surface area (TPSA) is 90.0 Å². The Hall–Kier alpha value is -3.68. The number of carbonyl (C=O) groups excluding carboxylic acids is 4. The molecule has 8 heteroatoms. The fourth-order valence-corrected chi connectivity index (χ4v) is 4.02. The van der Waals surface area contributed by atoms with Crippen molar-refractivity contribution in [2.75, 3.05) is 21.7 Å². The summed E-state index contributed by atoms with van der Waals surface area (Å²) >= 11 is 0. The third-order valence-electron chi connectivity index (χ3n) is 5.81. The number of hydrogen-bond donors (Lipinski definition) is 1. The largest absolute Gasteiger partial charge is 0.332 e. The summed E-state index contributed by atoms with van der Waals surface area (Å²) in [7, 11) is 0. The number of benzene rings is 2. The lowest BCUT2D eigenvalue weighted by molar-refractivity contribution is -0.132. The van der Waals surface area contributed by atoms with Gasteiger partial charge in [-0.05, 0) is 52.0 Å². The van der Waals surface area contributed by atoms with Crippen LogP contribution >= 0.6 is 0 Å². The summed E-state index contributed by atoms with van der Waals surface area (Å²) in [5.41, 5.74) is 1.48. The molecule has 0 radical (unpaired) electrons. The van der Waals surface area contributed by atoms with E-state index in [1.165, 1.54) is 9.80 Å². The van der Waals surface area contributed by atoms with Crippen LogP contribution in [0.15, 0.2) is 48.5 Å². The smallest absolute Gasteiger partial charge is 0.322 e. The van der Waals surface area contributed by atoms with Gasteiger partial charge in [0.15, 0.2) is 0 Å². The summed E-state index contributed by atoms with van der Waals surface area (Å²) in [6.07, 6.45) is 0. The first-order valence-electron chi connectivity index (χ1n) is 10.1. The van der Waals surface area contributed by atoms with E-state index in [0.29, 0.717) is 17.1 Å². The molecule has 8 nitrogen and oxygen atoms in total. The van der Waals surface area contributed by atoms with Gasteiger partial charge in [0.2, 0.25) is 11.8 Å². The molecule has 5 amide bonds. The van der Waals surface area contributed by atoms with Gasteiger partial charge in [-0.25, -0.2) is 4.79 Å². The van der Waals surface area contributed by atoms with E-state index in [1.807, 2.05) is 19.1 Å². The standard InChI is InChI=1S/C23H24N4O4/c1-14-9-11-16(12-10-14)26-15(2)20(29)25(22(26)31)13-19(28)27-18-8-6-5-7-17(18)24-21(30)23(27,3)4/h5-12,15H,13H2,1-4H3,(H,24,30). The van der Waals surface area contributed by atoms with Crippen molar-refractivity contribution in [1.82, 2.24) is 4.90 Å². The Balaban J connectivity index is 1.64. The van der Waals surface area contributed by atoms with Crippen LogP contribution in [0.1, 0.15) is 26.3 Å². The van der Waals surface area contributed by atoms with Crippen LogP contribution in [0.4, 0.5) is 21.9 Å². The van der Waals surface area contributed by atoms with Crippen molar-refractivity contribution in [2.24, 2.45) is 0 Å². The highest BCUT2D eigenvalue weighted by molar-refractivity contribution is 6.18. The number of nitrogens with zero attached hydrogens (tertiary/aromatic N) is 3. The summed E-state index contributed by atoms with van der Waals surface area (Å²) in [6, 6.07) is 12.9. The Morgan fingerprint density at radius 2 is 1.68 bits per heavy atom. The van der Waals surface area contributed by atoms with Crippen LogP contribution in [0.2, 0.25) is 0 Å². The molecule has 1 unspecified atom stereocenters. The second-order valence-electron chi connectivity index (χ2n) is 8.35. The second-order valence-corrected chi connectivity index (χ2v) is 8.35. The molecule has 1 fully saturated rings. The van der Waals surface area contributed by atoms with Gasteiger partial charge in [0.1, 0.15) is 18.1 Å². The number of rotatable bonds is 3. The average molecular weight is 420 g/mol. The highest BCUT2D eigenvalue weighted by Crippen LogP contribution is 2.37. The number of urea groups is 1. The van der Waals surface area contributed by atoms with Crippen molar-refractivity contribution in [3.63, 3.8) is 0 Å². The summed E-state index contributed by atoms with van der Waals surface area (Å²) in [5, 5.41) is 2.80. The predicted molar refractivity (Wildman–Crippen MR) is 117 cm³/mol. The molecule has 0 aliphatic carbocycles. The second kappa shape index (κ2) is 7.23. The number of imide groups is 1. The first kappa shape index (κ1) is 20.6. The molecule has 0 bridgehead atoms. The first-order valence-corrected chi connectivity index (χ1v) is 10.1. The molecule has 2 aromatic rings. The summed E-state index contributed by atoms with van der Waals surface area (Å²) in [6.45, 7) is 6.38. The van der Waals surface area contributed by atoms with Crippen molar-refractivity contribution in [3.05, 3.63) is 54.1 Å². The molecule has 160 valence electrons. The minimum Gasteiger partial charge on any atom is -0.322 e. The van der Waals surface area contributed by atoms with Crippen molar-refractivity contribution < 1.29 is 19.2 Å². The van der Waals surface area contributed by atoms with E-state index in [2.05, 4.69) is 5.32 Å². The molecule has 1 atom stereocenters. The van der Waals surface area contributed by atoms with E-state index in [0.717, 1.165) is 10.5 Å². The molecule has 1 N–H and O–H groups in total. The Labute approximate surface area is 180 Å². The van der Waals surface area contributed by atoms with Crippen LogP contribution in [0.25, 0.3) is 0 Å². The highest BCUT2D eigenvalue weighted by atomic mass is 16.2. The third kappa shape index (κ3) is 3.24.